The highest BCUT2D eigenvalue weighted by Gasteiger charge is 2.24. The molecule has 344 valence electrons. The van der Waals surface area contributed by atoms with E-state index in [2.05, 4.69) is 40.8 Å². The maximum atomic E-state index is 13.9. The zero-order chi connectivity index (χ0) is 47.1. The molecule has 3 aromatic carbocycles. The topological polar surface area (TPSA) is 219 Å². The highest BCUT2D eigenvalue weighted by atomic mass is 19.1. The zero-order valence-corrected chi connectivity index (χ0v) is 36.9. The number of benzene rings is 3. The minimum absolute atomic E-state index is 0.0370. The predicted octanol–water partition coefficient (Wildman–Crippen LogP) is 8.16. The van der Waals surface area contributed by atoms with Crippen LogP contribution in [-0.4, -0.2) is 92.8 Å². The minimum atomic E-state index is -0.401. The Balaban J connectivity index is 1.17. The lowest BCUT2D eigenvalue weighted by Crippen LogP contribution is -2.39. The van der Waals surface area contributed by atoms with Crippen LogP contribution in [0.5, 0.6) is 17.6 Å². The number of ether oxygens (including phenoxy) is 4. The summed E-state index contributed by atoms with van der Waals surface area (Å²) in [5, 5.41) is 1.22. The number of halogens is 3. The largest absolute Gasteiger partial charge is 0.476 e. The lowest BCUT2D eigenvalue weighted by molar-refractivity contribution is 0.144. The summed E-state index contributed by atoms with van der Waals surface area (Å²) >= 11 is 0. The van der Waals surface area contributed by atoms with E-state index in [1.54, 1.807) is 36.4 Å². The van der Waals surface area contributed by atoms with Crippen molar-refractivity contribution < 1.29 is 32.1 Å². The molecule has 0 radical (unpaired) electrons. The highest BCUT2D eigenvalue weighted by Crippen LogP contribution is 2.31. The molecule has 0 spiro atoms. The Hall–Kier alpha value is -8.53. The van der Waals surface area contributed by atoms with Crippen molar-refractivity contribution in [1.29, 1.82) is 0 Å². The quantitative estimate of drug-likeness (QED) is 0.0612. The van der Waals surface area contributed by atoms with Crippen molar-refractivity contribution in [1.82, 2.24) is 59.8 Å². The summed E-state index contributed by atoms with van der Waals surface area (Å²) in [6, 6.07) is 17.5. The lowest BCUT2D eigenvalue weighted by Gasteiger charge is -2.24. The summed E-state index contributed by atoms with van der Waals surface area (Å²) in [5.74, 6) is -1.25. The van der Waals surface area contributed by atoms with Gasteiger partial charge in [-0.3, -0.25) is 0 Å². The number of hydrogen-bond acceptors (Lipinski definition) is 19. The SMILES string of the molecule is CCCCOc1nc(N(Nc2nc(OCCOC)c3nc(-c4ccc(F)cc4)cnc3n2)Nc2nc(OC(C)C)c3nc(-c4ccc(F)cc4)cnc3n2)nc2ncc(-c3ccc(F)cc3)nc12. The van der Waals surface area contributed by atoms with Crippen LogP contribution in [0.15, 0.2) is 91.4 Å². The van der Waals surface area contributed by atoms with Gasteiger partial charge >= 0.3 is 0 Å². The number of hydrogen-bond donors (Lipinski definition) is 2. The molecule has 22 heteroatoms. The molecule has 0 amide bonds. The Morgan fingerprint density at radius 2 is 0.941 bits per heavy atom. The van der Waals surface area contributed by atoms with Crippen molar-refractivity contribution in [3.8, 4) is 51.4 Å². The number of rotatable bonds is 18. The van der Waals surface area contributed by atoms with E-state index in [0.29, 0.717) is 40.2 Å². The third kappa shape index (κ3) is 10.1. The minimum Gasteiger partial charge on any atom is -0.476 e. The van der Waals surface area contributed by atoms with E-state index in [-0.39, 0.29) is 94.9 Å². The predicted molar refractivity (Wildman–Crippen MR) is 245 cm³/mol. The Kier molecular flexibility index (Phi) is 13.1. The molecule has 19 nitrogen and oxygen atoms in total. The van der Waals surface area contributed by atoms with Crippen molar-refractivity contribution in [2.24, 2.45) is 0 Å². The van der Waals surface area contributed by atoms with E-state index < -0.39 is 17.5 Å². The van der Waals surface area contributed by atoms with Crippen LogP contribution < -0.4 is 30.2 Å². The van der Waals surface area contributed by atoms with E-state index in [4.69, 9.17) is 48.9 Å². The number of unbranched alkanes of at least 4 members (excludes halogenated alkanes) is 1. The molecule has 0 atom stereocenters. The van der Waals surface area contributed by atoms with Gasteiger partial charge in [-0.1, -0.05) is 13.3 Å². The molecule has 6 heterocycles. The fraction of sp³-hybridized carbons (Fsp3) is 0.217. The maximum absolute atomic E-state index is 13.9. The molecule has 9 rings (SSSR count). The first-order chi connectivity index (χ1) is 33.1. The highest BCUT2D eigenvalue weighted by molar-refractivity contribution is 5.82. The number of fused-ring (bicyclic) bond motifs is 3. The lowest BCUT2D eigenvalue weighted by atomic mass is 10.1. The van der Waals surface area contributed by atoms with E-state index >= 15 is 0 Å². The summed E-state index contributed by atoms with van der Waals surface area (Å²) in [6.45, 7) is 6.26. The van der Waals surface area contributed by atoms with Crippen molar-refractivity contribution >= 4 is 51.3 Å². The van der Waals surface area contributed by atoms with Gasteiger partial charge in [0.05, 0.1) is 55.0 Å². The molecule has 6 aromatic heterocycles. The van der Waals surface area contributed by atoms with Gasteiger partial charge in [-0.15, -0.1) is 0 Å². The van der Waals surface area contributed by atoms with Crippen molar-refractivity contribution in [3.05, 3.63) is 109 Å². The molecule has 0 saturated carbocycles. The van der Waals surface area contributed by atoms with Gasteiger partial charge in [0.15, 0.2) is 33.5 Å². The fourth-order valence-corrected chi connectivity index (χ4v) is 6.49. The van der Waals surface area contributed by atoms with Gasteiger partial charge in [0, 0.05) is 23.8 Å². The second-order valence-corrected chi connectivity index (χ2v) is 15.1. The number of nitrogens with zero attached hydrogens (tertiary/aromatic N) is 13. The molecular formula is C46H40F3N15O4. The van der Waals surface area contributed by atoms with E-state index in [0.717, 1.165) is 6.42 Å². The summed E-state index contributed by atoms with van der Waals surface area (Å²) in [4.78, 5) is 56.3. The number of methoxy groups -OCH3 is 1. The summed E-state index contributed by atoms with van der Waals surface area (Å²) < 4.78 is 65.2. The van der Waals surface area contributed by atoms with Crippen molar-refractivity contribution in [2.75, 3.05) is 42.9 Å². The third-order valence-corrected chi connectivity index (χ3v) is 9.77. The molecule has 9 aromatic rings. The molecule has 0 bridgehead atoms. The molecule has 68 heavy (non-hydrogen) atoms. The van der Waals surface area contributed by atoms with Crippen LogP contribution in [0.25, 0.3) is 67.3 Å². The Morgan fingerprint density at radius 1 is 0.515 bits per heavy atom. The normalized spacial score (nSPS) is 11.4. The second-order valence-electron chi connectivity index (χ2n) is 15.1. The van der Waals surface area contributed by atoms with Crippen LogP contribution in [0.2, 0.25) is 0 Å². The number of anilines is 3. The van der Waals surface area contributed by atoms with Crippen LogP contribution in [0, 0.1) is 17.5 Å². The first kappa shape index (κ1) is 44.7. The molecule has 0 aliphatic heterocycles. The first-order valence-corrected chi connectivity index (χ1v) is 21.3. The summed E-state index contributed by atoms with van der Waals surface area (Å²) in [5.41, 5.74) is 10.4. The van der Waals surface area contributed by atoms with Crippen molar-refractivity contribution in [3.63, 3.8) is 0 Å². The second kappa shape index (κ2) is 19.9. The molecule has 0 unspecified atom stereocenters. The average molecular weight is 924 g/mol. The Labute approximate surface area is 385 Å². The monoisotopic (exact) mass is 923 g/mol. The number of aromatic nitrogens is 12. The van der Waals surface area contributed by atoms with Crippen LogP contribution in [-0.2, 0) is 4.74 Å². The van der Waals surface area contributed by atoms with Crippen LogP contribution >= 0.6 is 0 Å². The van der Waals surface area contributed by atoms with E-state index in [1.807, 2.05) is 20.8 Å². The Morgan fingerprint density at radius 3 is 1.40 bits per heavy atom. The van der Waals surface area contributed by atoms with Crippen LogP contribution in [0.4, 0.5) is 31.0 Å². The molecule has 2 N–H and O–H groups in total. The maximum Gasteiger partial charge on any atom is 0.270 e. The zero-order valence-electron chi connectivity index (χ0n) is 36.9. The van der Waals surface area contributed by atoms with Crippen LogP contribution in [0.1, 0.15) is 33.6 Å². The number of hydrazine groups is 2. The molecule has 0 fully saturated rings. The van der Waals surface area contributed by atoms with Gasteiger partial charge in [0.1, 0.15) is 24.1 Å². The molecule has 0 aliphatic rings. The van der Waals surface area contributed by atoms with Crippen molar-refractivity contribution in [2.45, 2.75) is 39.7 Å². The van der Waals surface area contributed by atoms with Gasteiger partial charge in [0.2, 0.25) is 29.5 Å². The van der Waals surface area contributed by atoms with Crippen LogP contribution in [0.3, 0.4) is 0 Å². The smallest absolute Gasteiger partial charge is 0.270 e. The molecular weight excluding hydrogens is 884 g/mol. The van der Waals surface area contributed by atoms with Gasteiger partial charge in [-0.05, 0) is 93.1 Å². The van der Waals surface area contributed by atoms with Gasteiger partial charge in [-0.2, -0.15) is 35.0 Å². The summed E-state index contributed by atoms with van der Waals surface area (Å²) in [7, 11) is 1.53. The van der Waals surface area contributed by atoms with Gasteiger partial charge in [-0.25, -0.2) is 53.9 Å². The van der Waals surface area contributed by atoms with E-state index in [1.165, 1.54) is 67.2 Å². The molecule has 0 saturated heterocycles. The molecule has 0 aliphatic carbocycles. The average Bonchev–Trinajstić information content (AvgIpc) is 3.34. The third-order valence-electron chi connectivity index (χ3n) is 9.77. The van der Waals surface area contributed by atoms with Gasteiger partial charge in [0.25, 0.3) is 5.95 Å². The van der Waals surface area contributed by atoms with Gasteiger partial charge < -0.3 is 18.9 Å². The Bertz CT molecular complexity index is 3230. The summed E-state index contributed by atoms with van der Waals surface area (Å²) in [6.07, 6.45) is 5.67. The number of nitrogens with one attached hydrogen (secondary N) is 2. The fourth-order valence-electron chi connectivity index (χ4n) is 6.49. The first-order valence-electron chi connectivity index (χ1n) is 21.3. The standard InChI is InChI=1S/C46H40F3N15O4/c1-5-6-19-66-42-36-40(52-24-33(54-36)27-9-15-30(48)16-10-27)58-46(61-42)64(63-45-57-39-37(43(60-45)68-25(2)3)55-34(23-51-39)28-11-17-31(49)18-12-28)62-44-56-38-35(41(59-44)67-21-20-65-4)53-32(22-50-38)26-7-13-29(47)14-8-26/h7-18,22-25H,5-6,19-21H2,1-4H3,(H,50,56,59,62)(H,51,57,60,63). The van der Waals surface area contributed by atoms with E-state index in [9.17, 15) is 13.2 Å².